The van der Waals surface area contributed by atoms with Crippen LogP contribution in [-0.4, -0.2) is 0 Å². The van der Waals surface area contributed by atoms with Crippen molar-refractivity contribution in [1.82, 2.24) is 0 Å². The summed E-state index contributed by atoms with van der Waals surface area (Å²) >= 11 is 5.57. The first-order valence-corrected chi connectivity index (χ1v) is 8.03. The molecule has 0 saturated heterocycles. The van der Waals surface area contributed by atoms with Gasteiger partial charge >= 0.3 is 0 Å². The first-order valence-electron chi connectivity index (χ1n) is 7.65. The van der Waals surface area contributed by atoms with Crippen LogP contribution in [0.1, 0.15) is 44.4 Å². The Hall–Kier alpha value is -1.48. The summed E-state index contributed by atoms with van der Waals surface area (Å²) in [5.74, 6) is -1.25. The Balaban J connectivity index is 0. The smallest absolute Gasteiger partial charge is 0.129 e. The fourth-order valence-corrected chi connectivity index (χ4v) is 1.54. The van der Waals surface area contributed by atoms with Crippen LogP contribution < -0.4 is 0 Å². The molecule has 0 unspecified atom stereocenters. The summed E-state index contributed by atoms with van der Waals surface area (Å²) in [7, 11) is 0. The lowest BCUT2D eigenvalue weighted by molar-refractivity contribution is 0.572. The third-order valence-corrected chi connectivity index (χ3v) is 2.98. The molecule has 0 heterocycles. The topological polar surface area (TPSA) is 0 Å². The third kappa shape index (κ3) is 9.29. The number of rotatable bonds is 0. The van der Waals surface area contributed by atoms with Crippen LogP contribution in [-0.2, 0) is 0 Å². The molecule has 0 saturated carbocycles. The molecular weight excluding hydrogens is 321 g/mol. The van der Waals surface area contributed by atoms with E-state index in [2.05, 4.69) is 0 Å². The predicted octanol–water partition coefficient (Wildman–Crippen LogP) is 7.42. The lowest BCUT2D eigenvalue weighted by Gasteiger charge is -1.98. The molecular formula is C19H26ClF3. The van der Waals surface area contributed by atoms with Crippen LogP contribution in [0.3, 0.4) is 0 Å². The summed E-state index contributed by atoms with van der Waals surface area (Å²) in [6.07, 6.45) is 0. The maximum absolute atomic E-state index is 12.5. The van der Waals surface area contributed by atoms with E-state index in [1.54, 1.807) is 19.9 Å². The SMILES string of the molecule is CC.CC.Cc1cc(C)c(F)cc1F.Cc1ccc(F)cc1Cl. The van der Waals surface area contributed by atoms with Gasteiger partial charge in [-0.25, -0.2) is 13.2 Å². The summed E-state index contributed by atoms with van der Waals surface area (Å²) in [5, 5.41) is 0.481. The highest BCUT2D eigenvalue weighted by Crippen LogP contribution is 2.15. The number of hydrogen-bond donors (Lipinski definition) is 0. The fourth-order valence-electron chi connectivity index (χ4n) is 1.37. The molecule has 0 aliphatic rings. The van der Waals surface area contributed by atoms with Crippen LogP contribution in [0, 0.1) is 38.2 Å². The van der Waals surface area contributed by atoms with Crippen LogP contribution in [0.2, 0.25) is 5.02 Å². The zero-order valence-electron chi connectivity index (χ0n) is 14.9. The number of hydrogen-bond acceptors (Lipinski definition) is 0. The molecule has 2 rings (SSSR count). The van der Waals surface area contributed by atoms with Crippen molar-refractivity contribution in [2.24, 2.45) is 0 Å². The minimum Gasteiger partial charge on any atom is -0.207 e. The monoisotopic (exact) mass is 346 g/mol. The van der Waals surface area contributed by atoms with Crippen molar-refractivity contribution in [3.8, 4) is 0 Å². The first kappa shape index (κ1) is 23.8. The molecule has 0 radical (unpaired) electrons. The van der Waals surface area contributed by atoms with Crippen molar-refractivity contribution in [2.45, 2.75) is 48.5 Å². The van der Waals surface area contributed by atoms with Crippen molar-refractivity contribution >= 4 is 11.6 Å². The highest BCUT2D eigenvalue weighted by Gasteiger charge is 2.01. The van der Waals surface area contributed by atoms with Crippen LogP contribution in [0.15, 0.2) is 30.3 Å². The van der Waals surface area contributed by atoms with Crippen LogP contribution in [0.4, 0.5) is 13.2 Å². The van der Waals surface area contributed by atoms with Gasteiger partial charge < -0.3 is 0 Å². The molecule has 0 amide bonds. The molecule has 0 fully saturated rings. The van der Waals surface area contributed by atoms with Crippen LogP contribution in [0.5, 0.6) is 0 Å². The van der Waals surface area contributed by atoms with Crippen molar-refractivity contribution in [3.05, 3.63) is 69.5 Å². The Morgan fingerprint density at radius 3 is 1.39 bits per heavy atom. The maximum atomic E-state index is 12.5. The molecule has 0 bridgehead atoms. The quantitative estimate of drug-likeness (QED) is 0.465. The van der Waals surface area contributed by atoms with Gasteiger partial charge in [-0.15, -0.1) is 0 Å². The van der Waals surface area contributed by atoms with E-state index in [1.165, 1.54) is 18.2 Å². The van der Waals surface area contributed by atoms with Gasteiger partial charge in [0.2, 0.25) is 0 Å². The molecule has 0 atom stereocenters. The first-order chi connectivity index (χ1) is 10.8. The Labute approximate surface area is 143 Å². The second-order valence-electron chi connectivity index (χ2n) is 4.24. The minimum absolute atomic E-state index is 0.286. The molecule has 2 aromatic rings. The van der Waals surface area contributed by atoms with Gasteiger partial charge in [-0.2, -0.15) is 0 Å². The van der Waals surface area contributed by atoms with Gasteiger partial charge in [0.25, 0.3) is 0 Å². The Kier molecular flexibility index (Phi) is 13.4. The average molecular weight is 347 g/mol. The normalized spacial score (nSPS) is 8.65. The van der Waals surface area contributed by atoms with Crippen molar-refractivity contribution in [2.75, 3.05) is 0 Å². The van der Waals surface area contributed by atoms with Gasteiger partial charge in [-0.3, -0.25) is 0 Å². The van der Waals surface area contributed by atoms with E-state index in [0.717, 1.165) is 11.6 Å². The second-order valence-corrected chi connectivity index (χ2v) is 4.65. The Morgan fingerprint density at radius 1 is 0.652 bits per heavy atom. The Bertz CT molecular complexity index is 531. The van der Waals surface area contributed by atoms with E-state index in [0.29, 0.717) is 16.1 Å². The zero-order valence-corrected chi connectivity index (χ0v) is 15.7. The van der Waals surface area contributed by atoms with E-state index in [-0.39, 0.29) is 5.82 Å². The van der Waals surface area contributed by atoms with Gasteiger partial charge in [-0.05, 0) is 49.6 Å². The van der Waals surface area contributed by atoms with Gasteiger partial charge in [0.1, 0.15) is 17.5 Å². The molecule has 2 aromatic carbocycles. The molecule has 0 aliphatic heterocycles. The molecule has 23 heavy (non-hydrogen) atoms. The molecule has 4 heteroatoms. The summed E-state index contributed by atoms with van der Waals surface area (Å²) in [6.45, 7) is 13.1. The fraction of sp³-hybridized carbons (Fsp3) is 0.368. The highest BCUT2D eigenvalue weighted by molar-refractivity contribution is 6.31. The van der Waals surface area contributed by atoms with Crippen LogP contribution in [0.25, 0.3) is 0 Å². The van der Waals surface area contributed by atoms with Gasteiger partial charge in [0.05, 0.1) is 0 Å². The summed E-state index contributed by atoms with van der Waals surface area (Å²) in [6, 6.07) is 6.74. The lowest BCUT2D eigenvalue weighted by atomic mass is 10.1. The van der Waals surface area contributed by atoms with Gasteiger partial charge in [-0.1, -0.05) is 51.4 Å². The minimum atomic E-state index is -0.483. The van der Waals surface area contributed by atoms with Gasteiger partial charge in [0.15, 0.2) is 0 Å². The molecule has 0 N–H and O–H groups in total. The molecule has 130 valence electrons. The van der Waals surface area contributed by atoms with E-state index >= 15 is 0 Å². The van der Waals surface area contributed by atoms with Crippen molar-refractivity contribution in [3.63, 3.8) is 0 Å². The van der Waals surface area contributed by atoms with Gasteiger partial charge in [0, 0.05) is 11.1 Å². The lowest BCUT2D eigenvalue weighted by Crippen LogP contribution is -1.88. The van der Waals surface area contributed by atoms with E-state index in [4.69, 9.17) is 11.6 Å². The third-order valence-electron chi connectivity index (χ3n) is 2.57. The number of aryl methyl sites for hydroxylation is 3. The molecule has 0 spiro atoms. The average Bonchev–Trinajstić information content (AvgIpc) is 2.54. The highest BCUT2D eigenvalue weighted by atomic mass is 35.5. The standard InChI is InChI=1S/C8H8F2.C7H6ClF.2C2H6/c1-5-3-6(2)8(10)4-7(5)9;1-5-2-3-6(9)4-7(5)8;2*1-2/h3-4H,1-2H3;2-4H,1H3;2*1-2H3. The zero-order chi connectivity index (χ0) is 18.6. The van der Waals surface area contributed by atoms with Crippen molar-refractivity contribution < 1.29 is 13.2 Å². The number of benzene rings is 2. The van der Waals surface area contributed by atoms with E-state index in [1.807, 2.05) is 34.6 Å². The summed E-state index contributed by atoms with van der Waals surface area (Å²) < 4.78 is 37.3. The number of halogens is 4. The predicted molar refractivity (Wildman–Crippen MR) is 94.7 cm³/mol. The summed E-state index contributed by atoms with van der Waals surface area (Å²) in [5.41, 5.74) is 1.87. The molecule has 0 nitrogen and oxygen atoms in total. The maximum Gasteiger partial charge on any atom is 0.129 e. The van der Waals surface area contributed by atoms with Crippen LogP contribution >= 0.6 is 11.6 Å². The van der Waals surface area contributed by atoms with Crippen molar-refractivity contribution in [1.29, 1.82) is 0 Å². The molecule has 0 aromatic heterocycles. The molecule has 0 aliphatic carbocycles. The summed E-state index contributed by atoms with van der Waals surface area (Å²) in [4.78, 5) is 0. The Morgan fingerprint density at radius 2 is 1.09 bits per heavy atom. The van der Waals surface area contributed by atoms with E-state index < -0.39 is 11.6 Å². The van der Waals surface area contributed by atoms with E-state index in [9.17, 15) is 13.2 Å². The largest absolute Gasteiger partial charge is 0.207 e. The second kappa shape index (κ2) is 13.0.